The van der Waals surface area contributed by atoms with E-state index in [4.69, 9.17) is 9.97 Å². The van der Waals surface area contributed by atoms with Gasteiger partial charge in [0.05, 0.1) is 6.54 Å². The van der Waals surface area contributed by atoms with Gasteiger partial charge in [-0.25, -0.2) is 4.98 Å². The average Bonchev–Trinajstić information content (AvgIpc) is 3.18. The predicted molar refractivity (Wildman–Crippen MR) is 142 cm³/mol. The molecule has 0 saturated carbocycles. The molecule has 0 spiro atoms. The highest BCUT2D eigenvalue weighted by molar-refractivity contribution is 7.99. The number of thioether (sulfide) groups is 1. The first-order valence-corrected chi connectivity index (χ1v) is 13.8. The molecule has 0 amide bonds. The van der Waals surface area contributed by atoms with Gasteiger partial charge in [0.2, 0.25) is 5.95 Å². The van der Waals surface area contributed by atoms with Gasteiger partial charge < -0.3 is 4.90 Å². The number of hydrogen-bond donors (Lipinski definition) is 0. The number of nitrogens with zero attached hydrogens (tertiary/aromatic N) is 5. The van der Waals surface area contributed by atoms with E-state index in [1.54, 1.807) is 16.3 Å². The molecule has 2 aromatic rings. The first-order chi connectivity index (χ1) is 16.1. The van der Waals surface area contributed by atoms with Crippen LogP contribution in [0.1, 0.15) is 91.9 Å². The molecule has 2 rings (SSSR count). The van der Waals surface area contributed by atoms with Crippen LogP contribution in [0.4, 0.5) is 5.95 Å². The Balaban J connectivity index is 1.99. The maximum atomic E-state index is 13.2. The zero-order chi connectivity index (χ0) is 24.1. The minimum Gasteiger partial charge on any atom is -0.343 e. The fraction of sp³-hybridized carbons (Fsp3) is 0.731. The fourth-order valence-electron chi connectivity index (χ4n) is 4.07. The molecule has 0 bridgehead atoms. The first-order valence-electron chi connectivity index (χ1n) is 12.8. The molecule has 0 aromatic carbocycles. The molecule has 6 nitrogen and oxygen atoms in total. The van der Waals surface area contributed by atoms with Gasteiger partial charge >= 0.3 is 0 Å². The van der Waals surface area contributed by atoms with Gasteiger partial charge in [0.15, 0.2) is 16.3 Å². The van der Waals surface area contributed by atoms with E-state index in [9.17, 15) is 4.79 Å². The maximum absolute atomic E-state index is 13.2. The van der Waals surface area contributed by atoms with Crippen LogP contribution < -0.4 is 10.5 Å². The molecule has 0 aliphatic rings. The Hall–Kier alpha value is -1.94. The van der Waals surface area contributed by atoms with Gasteiger partial charge in [-0.3, -0.25) is 13.9 Å². The summed E-state index contributed by atoms with van der Waals surface area (Å²) in [5, 5.41) is 0.751. The Labute approximate surface area is 204 Å². The third-order valence-electron chi connectivity index (χ3n) is 6.11. The molecule has 0 radical (unpaired) electrons. The molecule has 0 atom stereocenters. The Kier molecular flexibility index (Phi) is 12.5. The minimum atomic E-state index is -0.0469. The molecule has 0 aliphatic heterocycles. The van der Waals surface area contributed by atoms with E-state index in [1.807, 2.05) is 18.5 Å². The van der Waals surface area contributed by atoms with E-state index in [2.05, 4.69) is 37.5 Å². The average molecular weight is 474 g/mol. The number of rotatable bonds is 16. The second-order valence-corrected chi connectivity index (χ2v) is 9.62. The Morgan fingerprint density at radius 3 is 2.09 bits per heavy atom. The third-order valence-corrected chi connectivity index (χ3v) is 7.23. The van der Waals surface area contributed by atoms with E-state index in [0.29, 0.717) is 17.7 Å². The molecule has 33 heavy (non-hydrogen) atoms. The zero-order valence-electron chi connectivity index (χ0n) is 21.5. The van der Waals surface area contributed by atoms with E-state index in [1.165, 1.54) is 57.8 Å². The molecule has 0 aliphatic carbocycles. The molecule has 7 heteroatoms. The van der Waals surface area contributed by atoms with E-state index in [0.717, 1.165) is 36.4 Å². The van der Waals surface area contributed by atoms with Crippen LogP contribution in [0.5, 0.6) is 0 Å². The lowest BCUT2D eigenvalue weighted by atomic mass is 10.1. The molecule has 0 saturated heterocycles. The van der Waals surface area contributed by atoms with Crippen molar-refractivity contribution >= 4 is 28.9 Å². The monoisotopic (exact) mass is 473 g/mol. The quantitative estimate of drug-likeness (QED) is 0.129. The largest absolute Gasteiger partial charge is 0.343 e. The van der Waals surface area contributed by atoms with Crippen molar-refractivity contribution in [2.75, 3.05) is 23.7 Å². The van der Waals surface area contributed by atoms with E-state index < -0.39 is 0 Å². The van der Waals surface area contributed by atoms with Crippen molar-refractivity contribution in [2.45, 2.75) is 104 Å². The predicted octanol–water partition coefficient (Wildman–Crippen LogP) is 6.01. The van der Waals surface area contributed by atoms with Crippen molar-refractivity contribution in [1.29, 1.82) is 0 Å². The van der Waals surface area contributed by atoms with E-state index >= 15 is 0 Å². The standard InChI is InChI=1S/C26H43N5OS/c1-6-10-12-13-14-15-16-17-18-19-21-33-26-28-23-22(24(32)29(26)5)31(20-11-7-2)25(27-23)30(8-3)9-4/h6,8-10,12-21H2,1-5H3. The molecule has 0 unspecified atom stereocenters. The second-order valence-electron chi connectivity index (χ2n) is 8.56. The normalized spacial score (nSPS) is 11.1. The van der Waals surface area contributed by atoms with Crippen LogP contribution >= 0.6 is 11.8 Å². The first kappa shape index (κ1) is 27.3. The number of fused-ring (bicyclic) bond motifs is 1. The fourth-order valence-corrected chi connectivity index (χ4v) is 5.03. The number of anilines is 1. The van der Waals surface area contributed by atoms with Gasteiger partial charge in [-0.2, -0.15) is 4.98 Å². The topological polar surface area (TPSA) is 56.0 Å². The van der Waals surface area contributed by atoms with Crippen LogP contribution in [0, 0.1) is 11.8 Å². The molecule has 0 N–H and O–H groups in total. The van der Waals surface area contributed by atoms with Crippen molar-refractivity contribution < 1.29 is 0 Å². The lowest BCUT2D eigenvalue weighted by Gasteiger charge is -2.20. The van der Waals surface area contributed by atoms with Gasteiger partial charge in [-0.1, -0.05) is 82.4 Å². The SMILES string of the molecule is CC#CCn1c(N(CC)CC)nc2nc(SCCCCCCCCCCCC)n(C)c(=O)c21. The van der Waals surface area contributed by atoms with Gasteiger partial charge in [-0.15, -0.1) is 5.92 Å². The summed E-state index contributed by atoms with van der Waals surface area (Å²) in [6, 6.07) is 0. The van der Waals surface area contributed by atoms with E-state index in [-0.39, 0.29) is 5.56 Å². The number of unbranched alkanes of at least 4 members (excludes halogenated alkanes) is 9. The summed E-state index contributed by atoms with van der Waals surface area (Å²) in [4.78, 5) is 24.9. The molecular formula is C26H43N5OS. The maximum Gasteiger partial charge on any atom is 0.280 e. The van der Waals surface area contributed by atoms with Gasteiger partial charge in [0.25, 0.3) is 5.56 Å². The lowest BCUT2D eigenvalue weighted by molar-refractivity contribution is 0.563. The molecular weight excluding hydrogens is 430 g/mol. The highest BCUT2D eigenvalue weighted by Gasteiger charge is 2.20. The van der Waals surface area contributed by atoms with Gasteiger partial charge in [-0.05, 0) is 27.2 Å². The van der Waals surface area contributed by atoms with Crippen LogP contribution in [-0.2, 0) is 13.6 Å². The summed E-state index contributed by atoms with van der Waals surface area (Å²) < 4.78 is 3.59. The van der Waals surface area contributed by atoms with Crippen molar-refractivity contribution in [1.82, 2.24) is 19.1 Å². The summed E-state index contributed by atoms with van der Waals surface area (Å²) in [6.45, 7) is 10.4. The van der Waals surface area contributed by atoms with Crippen LogP contribution in [0.15, 0.2) is 9.95 Å². The summed E-state index contributed by atoms with van der Waals surface area (Å²) in [7, 11) is 1.82. The van der Waals surface area contributed by atoms with Crippen LogP contribution in [-0.4, -0.2) is 37.9 Å². The molecule has 184 valence electrons. The Bertz CT molecular complexity index is 965. The smallest absolute Gasteiger partial charge is 0.280 e. The van der Waals surface area contributed by atoms with Crippen LogP contribution in [0.2, 0.25) is 0 Å². The minimum absolute atomic E-state index is 0.0469. The highest BCUT2D eigenvalue weighted by Crippen LogP contribution is 2.23. The number of aromatic nitrogens is 4. The summed E-state index contributed by atoms with van der Waals surface area (Å²) >= 11 is 1.67. The number of imidazole rings is 1. The lowest BCUT2D eigenvalue weighted by Crippen LogP contribution is -2.27. The summed E-state index contributed by atoms with van der Waals surface area (Å²) in [5.41, 5.74) is 1.03. The number of hydrogen-bond acceptors (Lipinski definition) is 5. The molecule has 2 aromatic heterocycles. The van der Waals surface area contributed by atoms with Crippen LogP contribution in [0.25, 0.3) is 11.2 Å². The second kappa shape index (κ2) is 15.1. The molecule has 0 fully saturated rings. The van der Waals surface area contributed by atoms with Gasteiger partial charge in [0.1, 0.15) is 0 Å². The highest BCUT2D eigenvalue weighted by atomic mass is 32.2. The van der Waals surface area contributed by atoms with Crippen molar-refractivity contribution in [3.63, 3.8) is 0 Å². The van der Waals surface area contributed by atoms with Crippen molar-refractivity contribution in [3.8, 4) is 11.8 Å². The third kappa shape index (κ3) is 7.81. The van der Waals surface area contributed by atoms with Crippen molar-refractivity contribution in [3.05, 3.63) is 10.4 Å². The summed E-state index contributed by atoms with van der Waals surface area (Å²) in [6.07, 6.45) is 13.3. The van der Waals surface area contributed by atoms with Gasteiger partial charge in [0, 0.05) is 25.9 Å². The molecule has 2 heterocycles. The summed E-state index contributed by atoms with van der Waals surface area (Å²) in [5.74, 6) is 7.78. The van der Waals surface area contributed by atoms with Crippen LogP contribution in [0.3, 0.4) is 0 Å². The Morgan fingerprint density at radius 1 is 0.909 bits per heavy atom. The zero-order valence-corrected chi connectivity index (χ0v) is 22.3. The Morgan fingerprint density at radius 2 is 1.52 bits per heavy atom. The van der Waals surface area contributed by atoms with Crippen molar-refractivity contribution in [2.24, 2.45) is 7.05 Å².